The van der Waals surface area contributed by atoms with Crippen LogP contribution in [0.1, 0.15) is 0 Å². The molecule has 0 aromatic heterocycles. The van der Waals surface area contributed by atoms with Gasteiger partial charge in [-0.2, -0.15) is 0 Å². The van der Waals surface area contributed by atoms with Crippen LogP contribution in [-0.2, 0) is 4.57 Å². The molecule has 0 aromatic carbocycles. The average Bonchev–Trinajstić information content (AvgIpc) is 1.38. The number of halogens is 1. The van der Waals surface area contributed by atoms with Crippen molar-refractivity contribution < 1.29 is 4.57 Å². The van der Waals surface area contributed by atoms with Gasteiger partial charge in [-0.05, 0) is 22.6 Å². The maximum atomic E-state index is 9.95. The zero-order valence-corrected chi connectivity index (χ0v) is 5.99. The van der Waals surface area contributed by atoms with E-state index in [0.717, 1.165) is 4.17 Å². The van der Waals surface area contributed by atoms with Gasteiger partial charge in [0.1, 0.15) is 6.66 Å². The van der Waals surface area contributed by atoms with Crippen LogP contribution in [0.15, 0.2) is 0 Å². The van der Waals surface area contributed by atoms with Crippen molar-refractivity contribution in [2.75, 3.05) is 10.8 Å². The highest BCUT2D eigenvalue weighted by atomic mass is 127. The third kappa shape index (κ3) is 4.83. The molecule has 1 unspecified atom stereocenters. The van der Waals surface area contributed by atoms with Gasteiger partial charge < -0.3 is 0 Å². The lowest BCUT2D eigenvalue weighted by Gasteiger charge is -1.53. The van der Waals surface area contributed by atoms with E-state index < -0.39 is 7.80 Å². The second-order valence-electron chi connectivity index (χ2n) is 0.747. The molecule has 0 N–H and O–H groups in total. The van der Waals surface area contributed by atoms with Crippen LogP contribution in [0, 0.1) is 0 Å². The standard InChI is InChI=1S/C2H5IOP/c1-5(4)2-3/h2H2,1H3/q+1. The first-order valence-electron chi connectivity index (χ1n) is 1.21. The van der Waals surface area contributed by atoms with E-state index >= 15 is 0 Å². The van der Waals surface area contributed by atoms with Crippen molar-refractivity contribution in [3.63, 3.8) is 0 Å². The third-order valence-electron chi connectivity index (χ3n) is 0.168. The normalized spacial score (nSPS) is 11.2. The Morgan fingerprint density at radius 2 is 2.20 bits per heavy atom. The van der Waals surface area contributed by atoms with E-state index in [1.807, 2.05) is 0 Å². The quantitative estimate of drug-likeness (QED) is 0.361. The molecule has 3 heteroatoms. The van der Waals surface area contributed by atoms with Gasteiger partial charge in [0.15, 0.2) is 4.17 Å². The zero-order valence-electron chi connectivity index (χ0n) is 2.94. The van der Waals surface area contributed by atoms with Crippen LogP contribution in [0.3, 0.4) is 0 Å². The molecule has 0 aromatic rings. The third-order valence-corrected chi connectivity index (χ3v) is 3.39. The highest BCUT2D eigenvalue weighted by Gasteiger charge is 1.95. The predicted octanol–water partition coefficient (Wildman–Crippen LogP) is 1.84. The Hall–Kier alpha value is 0.830. The van der Waals surface area contributed by atoms with Gasteiger partial charge in [-0.1, -0.05) is 4.57 Å². The molecule has 1 nitrogen and oxygen atoms in total. The Bertz CT molecular complexity index is 44.9. The minimum absolute atomic E-state index is 0.785. The molecule has 0 rings (SSSR count). The molecule has 0 heterocycles. The first-order chi connectivity index (χ1) is 2.27. The summed E-state index contributed by atoms with van der Waals surface area (Å²) in [7, 11) is -0.862. The fourth-order valence-electron chi connectivity index (χ4n) is 0. The lowest BCUT2D eigenvalue weighted by atomic mass is 11.9. The van der Waals surface area contributed by atoms with Crippen LogP contribution in [0.2, 0.25) is 0 Å². The summed E-state index contributed by atoms with van der Waals surface area (Å²) in [5.74, 6) is 0. The van der Waals surface area contributed by atoms with Gasteiger partial charge in [-0.15, -0.1) is 0 Å². The van der Waals surface area contributed by atoms with Gasteiger partial charge >= 0.3 is 7.80 Å². The molecular formula is C2H5IOP+. The molecule has 30 valence electrons. The van der Waals surface area contributed by atoms with Gasteiger partial charge in [-0.25, -0.2) is 0 Å². The molecule has 0 radical (unpaired) electrons. The fourth-order valence-corrected chi connectivity index (χ4v) is 0. The number of alkyl halides is 1. The SMILES string of the molecule is C[P+](=O)CI. The number of hydrogen-bond acceptors (Lipinski definition) is 1. The number of hydrogen-bond donors (Lipinski definition) is 0. The van der Waals surface area contributed by atoms with E-state index in [9.17, 15) is 4.57 Å². The summed E-state index contributed by atoms with van der Waals surface area (Å²) in [5.41, 5.74) is 0. The first-order valence-corrected chi connectivity index (χ1v) is 4.63. The fraction of sp³-hybridized carbons (Fsp3) is 1.00. The highest BCUT2D eigenvalue weighted by Crippen LogP contribution is 2.15. The molecule has 0 bridgehead atoms. The molecule has 0 aliphatic carbocycles. The van der Waals surface area contributed by atoms with Gasteiger partial charge in [-0.3, -0.25) is 0 Å². The van der Waals surface area contributed by atoms with Crippen LogP contribution in [-0.4, -0.2) is 10.8 Å². The zero-order chi connectivity index (χ0) is 4.28. The summed E-state index contributed by atoms with van der Waals surface area (Å²) in [5, 5.41) is 0. The lowest BCUT2D eigenvalue weighted by molar-refractivity contribution is 0.594. The van der Waals surface area contributed by atoms with E-state index in [-0.39, 0.29) is 0 Å². The van der Waals surface area contributed by atoms with E-state index in [2.05, 4.69) is 22.6 Å². The monoisotopic (exact) mass is 203 g/mol. The van der Waals surface area contributed by atoms with Crippen LogP contribution < -0.4 is 0 Å². The van der Waals surface area contributed by atoms with Crippen LogP contribution in [0.4, 0.5) is 0 Å². The van der Waals surface area contributed by atoms with Crippen molar-refractivity contribution in [1.29, 1.82) is 0 Å². The molecular weight excluding hydrogens is 198 g/mol. The summed E-state index contributed by atoms with van der Waals surface area (Å²) in [6.45, 7) is 1.72. The second kappa shape index (κ2) is 3.04. The Kier molecular flexibility index (Phi) is 3.54. The van der Waals surface area contributed by atoms with Crippen LogP contribution in [0.5, 0.6) is 0 Å². The maximum Gasteiger partial charge on any atom is 0.345 e. The molecule has 5 heavy (non-hydrogen) atoms. The highest BCUT2D eigenvalue weighted by molar-refractivity contribution is 14.1. The summed E-state index contributed by atoms with van der Waals surface area (Å²) >= 11 is 2.09. The molecule has 0 fully saturated rings. The average molecular weight is 203 g/mol. The van der Waals surface area contributed by atoms with Crippen molar-refractivity contribution in [2.45, 2.75) is 0 Å². The van der Waals surface area contributed by atoms with E-state index in [0.29, 0.717) is 0 Å². The van der Waals surface area contributed by atoms with Gasteiger partial charge in [0.25, 0.3) is 0 Å². The lowest BCUT2D eigenvalue weighted by Crippen LogP contribution is -1.47. The molecule has 0 amide bonds. The molecule has 0 aliphatic rings. The Morgan fingerprint density at radius 3 is 2.20 bits per heavy atom. The maximum absolute atomic E-state index is 9.95. The topological polar surface area (TPSA) is 17.1 Å². The smallest absolute Gasteiger partial charge is 0.0743 e. The molecule has 0 saturated carbocycles. The minimum atomic E-state index is -0.862. The van der Waals surface area contributed by atoms with E-state index in [4.69, 9.17) is 0 Å². The molecule has 1 atom stereocenters. The van der Waals surface area contributed by atoms with Crippen LogP contribution >= 0.6 is 30.4 Å². The first kappa shape index (κ1) is 5.83. The summed E-state index contributed by atoms with van der Waals surface area (Å²) in [6.07, 6.45) is 0. The number of rotatable bonds is 1. The van der Waals surface area contributed by atoms with Gasteiger partial charge in [0, 0.05) is 0 Å². The Morgan fingerprint density at radius 1 is 2.00 bits per heavy atom. The van der Waals surface area contributed by atoms with Gasteiger partial charge in [0.2, 0.25) is 0 Å². The minimum Gasteiger partial charge on any atom is -0.0743 e. The Labute approximate surface area is 46.1 Å². The molecule has 0 spiro atoms. The Balaban J connectivity index is 2.85. The van der Waals surface area contributed by atoms with Crippen molar-refractivity contribution in [3.8, 4) is 0 Å². The van der Waals surface area contributed by atoms with Crippen molar-refractivity contribution in [3.05, 3.63) is 0 Å². The summed E-state index contributed by atoms with van der Waals surface area (Å²) in [6, 6.07) is 0. The second-order valence-corrected chi connectivity index (χ2v) is 4.29. The summed E-state index contributed by atoms with van der Waals surface area (Å²) < 4.78 is 10.7. The van der Waals surface area contributed by atoms with E-state index in [1.165, 1.54) is 0 Å². The molecule has 0 saturated heterocycles. The molecule has 0 aliphatic heterocycles. The van der Waals surface area contributed by atoms with Crippen molar-refractivity contribution in [1.82, 2.24) is 0 Å². The summed E-state index contributed by atoms with van der Waals surface area (Å²) in [4.78, 5) is 0. The predicted molar refractivity (Wildman–Crippen MR) is 32.4 cm³/mol. The van der Waals surface area contributed by atoms with Crippen LogP contribution in [0.25, 0.3) is 0 Å². The van der Waals surface area contributed by atoms with Crippen molar-refractivity contribution in [2.24, 2.45) is 0 Å². The van der Waals surface area contributed by atoms with E-state index in [1.54, 1.807) is 6.66 Å². The van der Waals surface area contributed by atoms with Crippen molar-refractivity contribution >= 4 is 30.4 Å². The largest absolute Gasteiger partial charge is 0.345 e. The van der Waals surface area contributed by atoms with Gasteiger partial charge in [0.05, 0.1) is 0 Å².